The summed E-state index contributed by atoms with van der Waals surface area (Å²) in [5.74, 6) is 0. The van der Waals surface area contributed by atoms with E-state index in [-0.39, 0.29) is 6.10 Å². The summed E-state index contributed by atoms with van der Waals surface area (Å²) in [5, 5.41) is 0. The van der Waals surface area contributed by atoms with Crippen molar-refractivity contribution in [3.05, 3.63) is 47.0 Å². The third-order valence-corrected chi connectivity index (χ3v) is 3.49. The van der Waals surface area contributed by atoms with Gasteiger partial charge in [-0.1, -0.05) is 23.8 Å². The van der Waals surface area contributed by atoms with Gasteiger partial charge in [0.05, 0.1) is 18.3 Å². The molecule has 21 heavy (non-hydrogen) atoms. The highest BCUT2D eigenvalue weighted by atomic mass is 19.4. The lowest BCUT2D eigenvalue weighted by Gasteiger charge is -2.32. The van der Waals surface area contributed by atoms with E-state index in [0.717, 1.165) is 19.2 Å². The van der Waals surface area contributed by atoms with Crippen molar-refractivity contribution in [2.75, 3.05) is 26.2 Å². The molecule has 0 bridgehead atoms. The van der Waals surface area contributed by atoms with E-state index in [4.69, 9.17) is 4.74 Å². The fourth-order valence-corrected chi connectivity index (χ4v) is 2.30. The lowest BCUT2D eigenvalue weighted by atomic mass is 10.0. The second kappa shape index (κ2) is 6.62. The van der Waals surface area contributed by atoms with Gasteiger partial charge in [-0.3, -0.25) is 4.90 Å². The van der Waals surface area contributed by atoms with Crippen LogP contribution in [0.3, 0.4) is 0 Å². The molecule has 1 saturated heterocycles. The molecule has 0 amide bonds. The Morgan fingerprint density at radius 3 is 2.81 bits per heavy atom. The van der Waals surface area contributed by atoms with Crippen LogP contribution in [0.25, 0.3) is 0 Å². The Morgan fingerprint density at radius 2 is 2.14 bits per heavy atom. The van der Waals surface area contributed by atoms with Crippen molar-refractivity contribution in [1.82, 2.24) is 4.90 Å². The van der Waals surface area contributed by atoms with E-state index in [1.807, 2.05) is 13.8 Å². The Kier molecular flexibility index (Phi) is 5.06. The number of ether oxygens (including phenoxy) is 1. The van der Waals surface area contributed by atoms with Gasteiger partial charge in [0.25, 0.3) is 0 Å². The molecule has 1 aliphatic heterocycles. The Bertz CT molecular complexity index is 506. The summed E-state index contributed by atoms with van der Waals surface area (Å²) >= 11 is 0. The van der Waals surface area contributed by atoms with E-state index < -0.39 is 11.7 Å². The maximum absolute atomic E-state index is 12.8. The minimum absolute atomic E-state index is 0.299. The van der Waals surface area contributed by atoms with Crippen LogP contribution in [0, 0.1) is 0 Å². The summed E-state index contributed by atoms with van der Waals surface area (Å²) in [7, 11) is 0. The number of morpholine rings is 1. The van der Waals surface area contributed by atoms with Crippen LogP contribution in [0.2, 0.25) is 0 Å². The van der Waals surface area contributed by atoms with Gasteiger partial charge in [-0.2, -0.15) is 13.2 Å². The Balaban J connectivity index is 2.09. The number of allylic oxidation sites excluding steroid dienone is 1. The quantitative estimate of drug-likeness (QED) is 0.781. The van der Waals surface area contributed by atoms with Crippen molar-refractivity contribution in [3.63, 3.8) is 0 Å². The molecular formula is C16H20F3NO. The first-order valence-corrected chi connectivity index (χ1v) is 7.01. The number of alkyl halides is 3. The lowest BCUT2D eigenvalue weighted by Crippen LogP contribution is -2.38. The van der Waals surface area contributed by atoms with Gasteiger partial charge >= 0.3 is 6.18 Å². The maximum atomic E-state index is 12.8. The van der Waals surface area contributed by atoms with E-state index in [1.54, 1.807) is 6.07 Å². The highest BCUT2D eigenvalue weighted by Crippen LogP contribution is 2.32. The van der Waals surface area contributed by atoms with Gasteiger partial charge in [-0.25, -0.2) is 0 Å². The smallest absolute Gasteiger partial charge is 0.371 e. The largest absolute Gasteiger partial charge is 0.416 e. The monoisotopic (exact) mass is 299 g/mol. The van der Waals surface area contributed by atoms with Gasteiger partial charge in [0.2, 0.25) is 0 Å². The number of halogens is 3. The maximum Gasteiger partial charge on any atom is 0.416 e. The summed E-state index contributed by atoms with van der Waals surface area (Å²) in [6, 6.07) is 5.42. The van der Waals surface area contributed by atoms with Crippen LogP contribution in [0.4, 0.5) is 13.2 Å². The van der Waals surface area contributed by atoms with Crippen LogP contribution in [0.5, 0.6) is 0 Å². The standard InChI is InChI=1S/C16H20F3NO/c1-12(2)6-7-20-8-9-21-15(11-20)13-4-3-5-14(10-13)16(17,18)19/h3-6,10,15H,7-9,11H2,1-2H3/t15-/m0/s1. The molecule has 5 heteroatoms. The lowest BCUT2D eigenvalue weighted by molar-refractivity contribution is -0.137. The number of benzene rings is 1. The second-order valence-electron chi connectivity index (χ2n) is 5.52. The first-order valence-electron chi connectivity index (χ1n) is 7.01. The van der Waals surface area contributed by atoms with Crippen molar-refractivity contribution in [3.8, 4) is 0 Å². The van der Waals surface area contributed by atoms with Crippen LogP contribution in [-0.4, -0.2) is 31.1 Å². The third kappa shape index (κ3) is 4.58. The number of nitrogens with zero attached hydrogens (tertiary/aromatic N) is 1. The van der Waals surface area contributed by atoms with Crippen LogP contribution >= 0.6 is 0 Å². The molecule has 2 rings (SSSR count). The summed E-state index contributed by atoms with van der Waals surface area (Å²) < 4.78 is 43.9. The first-order chi connectivity index (χ1) is 9.86. The van der Waals surface area contributed by atoms with Gasteiger partial charge in [0, 0.05) is 19.6 Å². The normalized spacial score (nSPS) is 20.3. The van der Waals surface area contributed by atoms with Gasteiger partial charge in [0.1, 0.15) is 0 Å². The molecule has 0 aliphatic carbocycles. The van der Waals surface area contributed by atoms with Crippen molar-refractivity contribution in [2.45, 2.75) is 26.1 Å². The van der Waals surface area contributed by atoms with E-state index in [2.05, 4.69) is 11.0 Å². The zero-order valence-corrected chi connectivity index (χ0v) is 12.3. The summed E-state index contributed by atoms with van der Waals surface area (Å²) in [5.41, 5.74) is 1.20. The van der Waals surface area contributed by atoms with Crippen LogP contribution in [-0.2, 0) is 10.9 Å². The molecule has 1 heterocycles. The molecule has 0 N–H and O–H groups in total. The zero-order chi connectivity index (χ0) is 15.5. The van der Waals surface area contributed by atoms with E-state index in [9.17, 15) is 13.2 Å². The molecule has 0 unspecified atom stereocenters. The predicted octanol–water partition coefficient (Wildman–Crippen LogP) is 4.04. The van der Waals surface area contributed by atoms with Gasteiger partial charge in [0.15, 0.2) is 0 Å². The topological polar surface area (TPSA) is 12.5 Å². The van der Waals surface area contributed by atoms with Gasteiger partial charge in [-0.15, -0.1) is 0 Å². The summed E-state index contributed by atoms with van der Waals surface area (Å²) in [6.07, 6.45) is -2.49. The summed E-state index contributed by atoms with van der Waals surface area (Å²) in [6.45, 7) is 6.83. The average Bonchev–Trinajstić information content (AvgIpc) is 2.45. The van der Waals surface area contributed by atoms with E-state index in [0.29, 0.717) is 18.7 Å². The SMILES string of the molecule is CC(C)=CCN1CCO[C@H](c2cccc(C(F)(F)F)c2)C1. The Morgan fingerprint density at radius 1 is 1.38 bits per heavy atom. The highest BCUT2D eigenvalue weighted by molar-refractivity contribution is 5.27. The van der Waals surface area contributed by atoms with Gasteiger partial charge in [-0.05, 0) is 31.5 Å². The minimum atomic E-state index is -4.31. The van der Waals surface area contributed by atoms with Crippen LogP contribution < -0.4 is 0 Å². The minimum Gasteiger partial charge on any atom is -0.371 e. The predicted molar refractivity (Wildman–Crippen MR) is 76.0 cm³/mol. The molecule has 0 aromatic heterocycles. The first kappa shape index (κ1) is 16.0. The van der Waals surface area contributed by atoms with E-state index in [1.165, 1.54) is 17.7 Å². The van der Waals surface area contributed by atoms with Crippen LogP contribution in [0.1, 0.15) is 31.1 Å². The number of hydrogen-bond donors (Lipinski definition) is 0. The summed E-state index contributed by atoms with van der Waals surface area (Å²) in [4.78, 5) is 2.20. The highest BCUT2D eigenvalue weighted by Gasteiger charge is 2.31. The van der Waals surface area contributed by atoms with Crippen molar-refractivity contribution in [2.24, 2.45) is 0 Å². The molecule has 0 saturated carbocycles. The third-order valence-electron chi connectivity index (χ3n) is 3.49. The number of hydrogen-bond acceptors (Lipinski definition) is 2. The fraction of sp³-hybridized carbons (Fsp3) is 0.500. The van der Waals surface area contributed by atoms with Crippen molar-refractivity contribution >= 4 is 0 Å². The van der Waals surface area contributed by atoms with Crippen molar-refractivity contribution in [1.29, 1.82) is 0 Å². The Hall–Kier alpha value is -1.33. The molecule has 2 nitrogen and oxygen atoms in total. The molecule has 1 aromatic carbocycles. The molecule has 1 aromatic rings. The molecule has 0 radical (unpaired) electrons. The average molecular weight is 299 g/mol. The molecule has 1 aliphatic rings. The zero-order valence-electron chi connectivity index (χ0n) is 12.3. The van der Waals surface area contributed by atoms with Gasteiger partial charge < -0.3 is 4.74 Å². The fourth-order valence-electron chi connectivity index (χ4n) is 2.30. The second-order valence-corrected chi connectivity index (χ2v) is 5.52. The molecular weight excluding hydrogens is 279 g/mol. The Labute approximate surface area is 123 Å². The number of rotatable bonds is 3. The molecule has 0 spiro atoms. The van der Waals surface area contributed by atoms with E-state index >= 15 is 0 Å². The van der Waals surface area contributed by atoms with Crippen molar-refractivity contribution < 1.29 is 17.9 Å². The molecule has 1 atom stereocenters. The molecule has 116 valence electrons. The van der Waals surface area contributed by atoms with Crippen LogP contribution in [0.15, 0.2) is 35.9 Å². The molecule has 1 fully saturated rings.